The van der Waals surface area contributed by atoms with Crippen molar-refractivity contribution in [3.63, 3.8) is 0 Å². The maximum Gasteiger partial charge on any atom is 0.162 e. The fourth-order valence-electron chi connectivity index (χ4n) is 1.70. The van der Waals surface area contributed by atoms with E-state index in [-0.39, 0.29) is 5.75 Å². The Labute approximate surface area is 125 Å². The lowest BCUT2D eigenvalue weighted by Crippen LogP contribution is -2.01. The van der Waals surface area contributed by atoms with Crippen LogP contribution in [0.15, 0.2) is 40.9 Å². The Morgan fingerprint density at radius 3 is 2.84 bits per heavy atom. The summed E-state index contributed by atoms with van der Waals surface area (Å²) >= 11 is 9.39. The van der Waals surface area contributed by atoms with Crippen LogP contribution in [-0.4, -0.2) is 12.2 Å². The van der Waals surface area contributed by atoms with Gasteiger partial charge in [-0.25, -0.2) is 0 Å². The molecule has 0 bridgehead atoms. The van der Waals surface area contributed by atoms with Crippen LogP contribution in [0, 0.1) is 0 Å². The molecule has 0 fully saturated rings. The molecule has 0 atom stereocenters. The summed E-state index contributed by atoms with van der Waals surface area (Å²) in [5, 5.41) is 13.9. The number of nitrogens with one attached hydrogen (secondary N) is 1. The molecule has 2 N–H and O–H groups in total. The number of ether oxygens (including phenoxy) is 1. The van der Waals surface area contributed by atoms with Crippen molar-refractivity contribution in [2.45, 2.75) is 6.54 Å². The summed E-state index contributed by atoms with van der Waals surface area (Å²) in [7, 11) is 1.53. The van der Waals surface area contributed by atoms with Crippen LogP contribution in [0.1, 0.15) is 5.56 Å². The van der Waals surface area contributed by atoms with Crippen LogP contribution in [0.4, 0.5) is 5.69 Å². The molecule has 3 nitrogen and oxygen atoms in total. The first kappa shape index (κ1) is 14.0. The molecule has 0 aliphatic heterocycles. The van der Waals surface area contributed by atoms with Crippen molar-refractivity contribution in [2.75, 3.05) is 12.4 Å². The van der Waals surface area contributed by atoms with Crippen LogP contribution >= 0.6 is 27.5 Å². The van der Waals surface area contributed by atoms with E-state index in [0.29, 0.717) is 17.3 Å². The number of hydrogen-bond donors (Lipinski definition) is 2. The van der Waals surface area contributed by atoms with E-state index >= 15 is 0 Å². The van der Waals surface area contributed by atoms with E-state index in [1.807, 2.05) is 24.3 Å². The van der Waals surface area contributed by atoms with Crippen LogP contribution in [0.5, 0.6) is 11.5 Å². The molecule has 0 unspecified atom stereocenters. The zero-order valence-electron chi connectivity index (χ0n) is 10.3. The molecule has 0 amide bonds. The number of hydrogen-bond acceptors (Lipinski definition) is 3. The van der Waals surface area contributed by atoms with Crippen molar-refractivity contribution >= 4 is 33.2 Å². The molecule has 0 aliphatic rings. The van der Waals surface area contributed by atoms with Crippen molar-refractivity contribution in [3.05, 3.63) is 51.5 Å². The molecule has 2 aromatic carbocycles. The largest absolute Gasteiger partial charge is 0.504 e. The third-order valence-electron chi connectivity index (χ3n) is 2.70. The second kappa shape index (κ2) is 6.17. The van der Waals surface area contributed by atoms with Gasteiger partial charge in [-0.1, -0.05) is 23.7 Å². The molecular formula is C14H13BrClNO2. The summed E-state index contributed by atoms with van der Waals surface area (Å²) < 4.78 is 5.99. The fraction of sp³-hybridized carbons (Fsp3) is 0.143. The van der Waals surface area contributed by atoms with E-state index in [0.717, 1.165) is 15.7 Å². The summed E-state index contributed by atoms with van der Waals surface area (Å²) in [6.45, 7) is 0.474. The number of benzene rings is 2. The number of phenolic OH excluding ortho intramolecular Hbond substituents is 1. The average Bonchev–Trinajstić information content (AvgIpc) is 2.41. The second-order valence-corrected chi connectivity index (χ2v) is 5.24. The molecular weight excluding hydrogens is 330 g/mol. The lowest BCUT2D eigenvalue weighted by Gasteiger charge is -2.12. The van der Waals surface area contributed by atoms with Crippen LogP contribution in [0.25, 0.3) is 0 Å². The van der Waals surface area contributed by atoms with Gasteiger partial charge in [0, 0.05) is 21.6 Å². The highest BCUT2D eigenvalue weighted by molar-refractivity contribution is 9.10. The van der Waals surface area contributed by atoms with Gasteiger partial charge in [-0.15, -0.1) is 0 Å². The van der Waals surface area contributed by atoms with E-state index in [1.165, 1.54) is 7.11 Å². The smallest absolute Gasteiger partial charge is 0.162 e. The van der Waals surface area contributed by atoms with Crippen molar-refractivity contribution in [2.24, 2.45) is 0 Å². The zero-order valence-corrected chi connectivity index (χ0v) is 12.6. The summed E-state index contributed by atoms with van der Waals surface area (Å²) in [6, 6.07) is 10.9. The van der Waals surface area contributed by atoms with Crippen LogP contribution in [-0.2, 0) is 6.54 Å². The minimum absolute atomic E-state index is 0.149. The van der Waals surface area contributed by atoms with Crippen LogP contribution < -0.4 is 10.1 Å². The Bertz CT molecular complexity index is 590. The lowest BCUT2D eigenvalue weighted by molar-refractivity contribution is 0.371. The second-order valence-electron chi connectivity index (χ2n) is 3.95. The van der Waals surface area contributed by atoms with E-state index in [1.54, 1.807) is 12.1 Å². The summed E-state index contributed by atoms with van der Waals surface area (Å²) in [5.74, 6) is 0.611. The summed E-state index contributed by atoms with van der Waals surface area (Å²) in [5.41, 5.74) is 1.63. The van der Waals surface area contributed by atoms with Gasteiger partial charge < -0.3 is 15.2 Å². The normalized spacial score (nSPS) is 10.3. The van der Waals surface area contributed by atoms with Gasteiger partial charge in [-0.05, 0) is 40.2 Å². The molecule has 0 aliphatic carbocycles. The first-order valence-corrected chi connectivity index (χ1v) is 6.82. The first-order chi connectivity index (χ1) is 9.11. The molecule has 0 saturated carbocycles. The van der Waals surface area contributed by atoms with Gasteiger partial charge in [0.2, 0.25) is 0 Å². The number of rotatable bonds is 4. The molecule has 0 radical (unpaired) electrons. The molecule has 5 heteroatoms. The molecule has 100 valence electrons. The molecule has 0 aromatic heterocycles. The summed E-state index contributed by atoms with van der Waals surface area (Å²) in [6.07, 6.45) is 0. The molecule has 19 heavy (non-hydrogen) atoms. The predicted octanol–water partition coefficient (Wildman–Crippen LogP) is 4.43. The number of phenols is 1. The standard InChI is InChI=1S/C14H13BrClNO2/c1-19-13-4-2-3-9(14(13)18)8-17-12-7-10(16)5-6-11(12)15/h2-7,17-18H,8H2,1H3. The molecule has 2 rings (SSSR count). The quantitative estimate of drug-likeness (QED) is 0.863. The number of aromatic hydroxyl groups is 1. The highest BCUT2D eigenvalue weighted by Crippen LogP contribution is 2.31. The number of halogens is 2. The van der Waals surface area contributed by atoms with Crippen molar-refractivity contribution in [3.8, 4) is 11.5 Å². The average molecular weight is 343 g/mol. The third kappa shape index (κ3) is 3.33. The Morgan fingerprint density at radius 1 is 1.32 bits per heavy atom. The SMILES string of the molecule is COc1cccc(CNc2cc(Cl)ccc2Br)c1O. The van der Waals surface area contributed by atoms with Crippen LogP contribution in [0.3, 0.4) is 0 Å². The molecule has 0 spiro atoms. The monoisotopic (exact) mass is 341 g/mol. The highest BCUT2D eigenvalue weighted by atomic mass is 79.9. The van der Waals surface area contributed by atoms with E-state index < -0.39 is 0 Å². The molecule has 2 aromatic rings. The zero-order chi connectivity index (χ0) is 13.8. The molecule has 0 saturated heterocycles. The Balaban J connectivity index is 2.17. The topological polar surface area (TPSA) is 41.5 Å². The Morgan fingerprint density at radius 2 is 2.11 bits per heavy atom. The number of para-hydroxylation sites is 1. The summed E-state index contributed by atoms with van der Waals surface area (Å²) in [4.78, 5) is 0. The van der Waals surface area contributed by atoms with Gasteiger partial charge in [-0.3, -0.25) is 0 Å². The highest BCUT2D eigenvalue weighted by Gasteiger charge is 2.08. The van der Waals surface area contributed by atoms with E-state index in [2.05, 4.69) is 21.2 Å². The van der Waals surface area contributed by atoms with Gasteiger partial charge in [0.05, 0.1) is 12.8 Å². The Hall–Kier alpha value is -1.39. The molecule has 0 heterocycles. The van der Waals surface area contributed by atoms with E-state index in [4.69, 9.17) is 16.3 Å². The van der Waals surface area contributed by atoms with Crippen LogP contribution in [0.2, 0.25) is 5.02 Å². The van der Waals surface area contributed by atoms with Gasteiger partial charge in [0.15, 0.2) is 11.5 Å². The predicted molar refractivity (Wildman–Crippen MR) is 81.1 cm³/mol. The van der Waals surface area contributed by atoms with Gasteiger partial charge in [-0.2, -0.15) is 0 Å². The van der Waals surface area contributed by atoms with Crippen molar-refractivity contribution in [1.29, 1.82) is 0 Å². The third-order valence-corrected chi connectivity index (χ3v) is 3.63. The van der Waals surface area contributed by atoms with Gasteiger partial charge in [0.1, 0.15) is 0 Å². The fourth-order valence-corrected chi connectivity index (χ4v) is 2.26. The number of anilines is 1. The maximum atomic E-state index is 9.99. The van der Waals surface area contributed by atoms with E-state index in [9.17, 15) is 5.11 Å². The van der Waals surface area contributed by atoms with Crippen molar-refractivity contribution in [1.82, 2.24) is 0 Å². The number of methoxy groups -OCH3 is 1. The maximum absolute atomic E-state index is 9.99. The minimum Gasteiger partial charge on any atom is -0.504 e. The lowest BCUT2D eigenvalue weighted by atomic mass is 10.2. The van der Waals surface area contributed by atoms with Gasteiger partial charge in [0.25, 0.3) is 0 Å². The first-order valence-electron chi connectivity index (χ1n) is 5.65. The Kier molecular flexibility index (Phi) is 4.56. The minimum atomic E-state index is 0.149. The van der Waals surface area contributed by atoms with Gasteiger partial charge >= 0.3 is 0 Å². The van der Waals surface area contributed by atoms with Crippen molar-refractivity contribution < 1.29 is 9.84 Å².